The molecule has 1 nitrogen and oxygen atoms in total. The Hall–Kier alpha value is -1.11. The second-order valence-electron chi connectivity index (χ2n) is 2.24. The van der Waals surface area contributed by atoms with Gasteiger partial charge in [-0.2, -0.15) is 0 Å². The van der Waals surface area contributed by atoms with Crippen LogP contribution in [0.1, 0.15) is 20.8 Å². The molecule has 0 unspecified atom stereocenters. The van der Waals surface area contributed by atoms with Gasteiger partial charge in [0.2, 0.25) is 0 Å². The normalized spacial score (nSPS) is 13.2. The maximum Gasteiger partial charge on any atom is 0.0557 e. The molecular weight excluding hydrogens is 134 g/mol. The first kappa shape index (κ1) is 9.89. The molecule has 0 aromatic heterocycles. The van der Waals surface area contributed by atoms with Gasteiger partial charge in [-0.3, -0.25) is 4.99 Å². The Bertz CT molecular complexity index is 207. The summed E-state index contributed by atoms with van der Waals surface area (Å²) in [5.41, 5.74) is 1.78. The van der Waals surface area contributed by atoms with Crippen LogP contribution in [0.2, 0.25) is 0 Å². The predicted octanol–water partition coefficient (Wildman–Crippen LogP) is 3.11. The summed E-state index contributed by atoms with van der Waals surface area (Å²) in [5, 5.41) is 0. The molecule has 0 saturated heterocycles. The van der Waals surface area contributed by atoms with Gasteiger partial charge in [0.25, 0.3) is 0 Å². The lowest BCUT2D eigenvalue weighted by Gasteiger charge is -1.91. The third kappa shape index (κ3) is 5.34. The molecule has 0 bridgehead atoms. The van der Waals surface area contributed by atoms with Crippen molar-refractivity contribution < 1.29 is 0 Å². The fourth-order valence-electron chi connectivity index (χ4n) is 0.735. The van der Waals surface area contributed by atoms with Crippen LogP contribution in [0.25, 0.3) is 0 Å². The molecule has 0 N–H and O–H groups in total. The largest absolute Gasteiger partial charge is 0.254 e. The fraction of sp³-hybridized carbons (Fsp3) is 0.300. The lowest BCUT2D eigenvalue weighted by atomic mass is 10.3. The monoisotopic (exact) mass is 149 g/mol. The maximum atomic E-state index is 4.20. The highest BCUT2D eigenvalue weighted by Gasteiger charge is 1.83. The van der Waals surface area contributed by atoms with Gasteiger partial charge in [-0.15, -0.1) is 0 Å². The minimum Gasteiger partial charge on any atom is -0.254 e. The smallest absolute Gasteiger partial charge is 0.0557 e. The van der Waals surface area contributed by atoms with Crippen molar-refractivity contribution in [2.75, 3.05) is 0 Å². The molecule has 0 rings (SSSR count). The highest BCUT2D eigenvalue weighted by Crippen LogP contribution is 1.96. The van der Waals surface area contributed by atoms with Crippen molar-refractivity contribution in [1.29, 1.82) is 0 Å². The molecule has 0 amide bonds. The van der Waals surface area contributed by atoms with Gasteiger partial charge in [0.15, 0.2) is 0 Å². The van der Waals surface area contributed by atoms with Crippen LogP contribution in [0.15, 0.2) is 41.6 Å². The van der Waals surface area contributed by atoms with E-state index in [0.717, 1.165) is 11.4 Å². The molecule has 0 radical (unpaired) electrons. The molecule has 0 saturated carbocycles. The van der Waals surface area contributed by atoms with Gasteiger partial charge in [-0.05, 0) is 32.9 Å². The second-order valence-corrected chi connectivity index (χ2v) is 2.24. The van der Waals surface area contributed by atoms with E-state index in [1.165, 1.54) is 0 Å². The third-order valence-electron chi connectivity index (χ3n) is 1.09. The topological polar surface area (TPSA) is 12.4 Å². The van der Waals surface area contributed by atoms with Gasteiger partial charge in [-0.1, -0.05) is 18.7 Å². The molecule has 0 spiro atoms. The van der Waals surface area contributed by atoms with Crippen molar-refractivity contribution in [3.8, 4) is 0 Å². The zero-order chi connectivity index (χ0) is 8.69. The Balaban J connectivity index is 4.19. The summed E-state index contributed by atoms with van der Waals surface area (Å²) >= 11 is 0. The minimum atomic E-state index is 0.795. The van der Waals surface area contributed by atoms with Gasteiger partial charge < -0.3 is 0 Å². The Labute approximate surface area is 68.9 Å². The summed E-state index contributed by atoms with van der Waals surface area (Å²) in [7, 11) is 0. The van der Waals surface area contributed by atoms with E-state index in [2.05, 4.69) is 11.6 Å². The van der Waals surface area contributed by atoms with E-state index in [0.29, 0.717) is 0 Å². The number of allylic oxidation sites excluding steroid dienone is 4. The van der Waals surface area contributed by atoms with Crippen molar-refractivity contribution in [1.82, 2.24) is 0 Å². The quantitative estimate of drug-likeness (QED) is 0.432. The Morgan fingerprint density at radius 1 is 1.18 bits per heavy atom. The first-order valence-electron chi connectivity index (χ1n) is 3.70. The summed E-state index contributed by atoms with van der Waals surface area (Å²) < 4.78 is 0. The molecule has 1 heteroatoms. The Morgan fingerprint density at radius 3 is 2.18 bits per heavy atom. The SMILES string of the molecule is C=C(/C=C\C)N=C(C)/C=C\C. The van der Waals surface area contributed by atoms with E-state index in [-0.39, 0.29) is 0 Å². The minimum absolute atomic E-state index is 0.795. The zero-order valence-electron chi connectivity index (χ0n) is 7.46. The number of rotatable bonds is 3. The van der Waals surface area contributed by atoms with Gasteiger partial charge in [0.1, 0.15) is 0 Å². The molecule has 11 heavy (non-hydrogen) atoms. The maximum absolute atomic E-state index is 4.20. The number of aliphatic imine (C=N–C) groups is 1. The van der Waals surface area contributed by atoms with Crippen molar-refractivity contribution in [2.45, 2.75) is 20.8 Å². The van der Waals surface area contributed by atoms with Crippen LogP contribution in [-0.4, -0.2) is 5.71 Å². The third-order valence-corrected chi connectivity index (χ3v) is 1.09. The molecular formula is C10H15N. The van der Waals surface area contributed by atoms with E-state index in [1.807, 2.05) is 45.1 Å². The van der Waals surface area contributed by atoms with Crippen LogP contribution in [0.3, 0.4) is 0 Å². The average molecular weight is 149 g/mol. The lowest BCUT2D eigenvalue weighted by Crippen LogP contribution is -1.83. The molecule has 0 aliphatic rings. The number of nitrogens with zero attached hydrogens (tertiary/aromatic N) is 1. The molecule has 0 fully saturated rings. The summed E-state index contributed by atoms with van der Waals surface area (Å²) in [4.78, 5) is 4.20. The molecule has 0 aliphatic carbocycles. The highest BCUT2D eigenvalue weighted by molar-refractivity contribution is 5.93. The predicted molar refractivity (Wildman–Crippen MR) is 51.9 cm³/mol. The van der Waals surface area contributed by atoms with Crippen molar-refractivity contribution in [2.24, 2.45) is 4.99 Å². The molecule has 0 aliphatic heterocycles. The molecule has 0 aromatic carbocycles. The van der Waals surface area contributed by atoms with Crippen LogP contribution in [-0.2, 0) is 0 Å². The fourth-order valence-corrected chi connectivity index (χ4v) is 0.735. The van der Waals surface area contributed by atoms with Crippen molar-refractivity contribution in [3.63, 3.8) is 0 Å². The Morgan fingerprint density at radius 2 is 1.73 bits per heavy atom. The van der Waals surface area contributed by atoms with E-state index in [1.54, 1.807) is 0 Å². The van der Waals surface area contributed by atoms with Crippen molar-refractivity contribution in [3.05, 3.63) is 36.6 Å². The number of hydrogen-bond donors (Lipinski definition) is 0. The van der Waals surface area contributed by atoms with Crippen LogP contribution in [0.4, 0.5) is 0 Å². The molecule has 0 atom stereocenters. The van der Waals surface area contributed by atoms with E-state index >= 15 is 0 Å². The van der Waals surface area contributed by atoms with Gasteiger partial charge in [0.05, 0.1) is 5.70 Å². The molecule has 0 heterocycles. The summed E-state index contributed by atoms with van der Waals surface area (Å²) in [6.07, 6.45) is 7.72. The highest BCUT2D eigenvalue weighted by atomic mass is 14.7. The van der Waals surface area contributed by atoms with Crippen LogP contribution in [0, 0.1) is 0 Å². The van der Waals surface area contributed by atoms with Gasteiger partial charge in [0, 0.05) is 5.71 Å². The lowest BCUT2D eigenvalue weighted by molar-refractivity contribution is 1.41. The summed E-state index contributed by atoms with van der Waals surface area (Å²) in [6, 6.07) is 0. The Kier molecular flexibility index (Phi) is 5.09. The first-order chi connectivity index (χ1) is 5.20. The first-order valence-corrected chi connectivity index (χ1v) is 3.70. The van der Waals surface area contributed by atoms with Gasteiger partial charge >= 0.3 is 0 Å². The average Bonchev–Trinajstić information content (AvgIpc) is 1.87. The van der Waals surface area contributed by atoms with E-state index < -0.39 is 0 Å². The summed E-state index contributed by atoms with van der Waals surface area (Å²) in [5.74, 6) is 0. The van der Waals surface area contributed by atoms with E-state index in [4.69, 9.17) is 0 Å². The molecule has 0 aromatic rings. The number of hydrogen-bond acceptors (Lipinski definition) is 1. The molecule has 60 valence electrons. The van der Waals surface area contributed by atoms with Crippen LogP contribution in [0.5, 0.6) is 0 Å². The van der Waals surface area contributed by atoms with Gasteiger partial charge in [-0.25, -0.2) is 0 Å². The zero-order valence-corrected chi connectivity index (χ0v) is 7.46. The van der Waals surface area contributed by atoms with Crippen LogP contribution >= 0.6 is 0 Å². The second kappa shape index (κ2) is 5.66. The van der Waals surface area contributed by atoms with E-state index in [9.17, 15) is 0 Å². The van der Waals surface area contributed by atoms with Crippen molar-refractivity contribution >= 4 is 5.71 Å². The standard InChI is InChI=1S/C10H15N/c1-5-7-9(3)11-10(4)8-6-2/h5-8H,3H2,1-2,4H3/b7-5-,8-6-,11-10?. The summed E-state index contributed by atoms with van der Waals surface area (Å²) in [6.45, 7) is 9.63. The van der Waals surface area contributed by atoms with Crippen LogP contribution < -0.4 is 0 Å².